The van der Waals surface area contributed by atoms with Crippen molar-refractivity contribution in [3.8, 4) is 67.7 Å². The van der Waals surface area contributed by atoms with Gasteiger partial charge in [0.25, 0.3) is 0 Å². The average molecular weight is 839 g/mol. The van der Waals surface area contributed by atoms with Gasteiger partial charge in [0, 0.05) is 59.9 Å². The van der Waals surface area contributed by atoms with E-state index in [0.29, 0.717) is 17.5 Å². The highest BCUT2D eigenvalue weighted by molar-refractivity contribution is 7.85. The maximum absolute atomic E-state index is 15.2. The summed E-state index contributed by atoms with van der Waals surface area (Å²) < 4.78 is 15.2. The van der Waals surface area contributed by atoms with Gasteiger partial charge in [-0.25, -0.2) is 19.9 Å². The van der Waals surface area contributed by atoms with Gasteiger partial charge < -0.3 is 4.57 Å². The van der Waals surface area contributed by atoms with Crippen LogP contribution in [-0.4, -0.2) is 19.9 Å². The lowest BCUT2D eigenvalue weighted by molar-refractivity contribution is 0.592. The molecule has 0 bridgehead atoms. The fourth-order valence-corrected chi connectivity index (χ4v) is 11.4. The van der Waals surface area contributed by atoms with Gasteiger partial charge in [-0.05, 0) is 22.8 Å². The largest absolute Gasteiger partial charge is 0.309 e. The lowest BCUT2D eigenvalue weighted by atomic mass is 9.91. The normalized spacial score (nSPS) is 11.5. The van der Waals surface area contributed by atoms with Crippen LogP contribution in [0.15, 0.2) is 237 Å². The van der Waals surface area contributed by atoms with Crippen LogP contribution in [0.5, 0.6) is 0 Å². The second kappa shape index (κ2) is 16.6. The lowest BCUT2D eigenvalue weighted by Gasteiger charge is -2.20. The van der Waals surface area contributed by atoms with E-state index in [1.165, 1.54) is 5.39 Å². The van der Waals surface area contributed by atoms with Crippen LogP contribution in [-0.2, 0) is 4.57 Å². The quantitative estimate of drug-likeness (QED) is 0.107. The third-order valence-corrected chi connectivity index (χ3v) is 14.9. The van der Waals surface area contributed by atoms with Crippen molar-refractivity contribution >= 4 is 44.7 Å². The highest BCUT2D eigenvalue weighted by Crippen LogP contribution is 2.44. The molecule has 64 heavy (non-hydrogen) atoms. The van der Waals surface area contributed by atoms with Crippen LogP contribution in [0.4, 0.5) is 0 Å². The molecule has 5 nitrogen and oxygen atoms in total. The summed E-state index contributed by atoms with van der Waals surface area (Å²) in [4.78, 5) is 20.8. The molecule has 0 unspecified atom stereocenters. The Morgan fingerprint density at radius 1 is 0.297 bits per heavy atom. The second-order valence-electron chi connectivity index (χ2n) is 15.7. The summed E-state index contributed by atoms with van der Waals surface area (Å²) in [6.45, 7) is 0. The van der Waals surface area contributed by atoms with Crippen LogP contribution >= 0.6 is 7.14 Å². The summed E-state index contributed by atoms with van der Waals surface area (Å²) in [6, 6.07) is 79.7. The Morgan fingerprint density at radius 3 is 1.31 bits per heavy atom. The third kappa shape index (κ3) is 7.08. The Kier molecular flexibility index (Phi) is 10.1. The van der Waals surface area contributed by atoms with Gasteiger partial charge in [0.05, 0.1) is 11.2 Å². The van der Waals surface area contributed by atoms with E-state index >= 15 is 4.57 Å². The van der Waals surface area contributed by atoms with E-state index in [9.17, 15) is 0 Å². The highest BCUT2D eigenvalue weighted by atomic mass is 31.2. The van der Waals surface area contributed by atoms with Crippen LogP contribution < -0.4 is 15.9 Å². The monoisotopic (exact) mass is 838 g/mol. The highest BCUT2D eigenvalue weighted by Gasteiger charge is 2.29. The van der Waals surface area contributed by atoms with Gasteiger partial charge >= 0.3 is 0 Å². The maximum atomic E-state index is 15.2. The van der Waals surface area contributed by atoms with Gasteiger partial charge in [-0.15, -0.1) is 0 Å². The van der Waals surface area contributed by atoms with Crippen LogP contribution in [0.25, 0.3) is 89.4 Å². The molecule has 0 aliphatic carbocycles. The van der Waals surface area contributed by atoms with Crippen molar-refractivity contribution in [2.45, 2.75) is 0 Å². The van der Waals surface area contributed by atoms with Crippen molar-refractivity contribution in [1.29, 1.82) is 0 Å². The number of fused-ring (bicyclic) bond motifs is 3. The lowest BCUT2D eigenvalue weighted by Crippen LogP contribution is -2.24. The van der Waals surface area contributed by atoms with E-state index in [1.807, 2.05) is 127 Å². The Morgan fingerprint density at radius 2 is 0.719 bits per heavy atom. The molecule has 0 spiro atoms. The number of hydrogen-bond acceptors (Lipinski definition) is 5. The Balaban J connectivity index is 1.06. The molecule has 2 aromatic heterocycles. The minimum atomic E-state index is -3.17. The molecule has 0 saturated carbocycles. The number of nitrogens with zero attached hydrogens (tertiary/aromatic N) is 4. The fraction of sp³-hybridized carbons (Fsp3) is 0. The van der Waals surface area contributed by atoms with E-state index in [-0.39, 0.29) is 0 Å². The molecule has 9 aromatic carbocycles. The number of aromatic nitrogens is 4. The summed E-state index contributed by atoms with van der Waals surface area (Å²) in [7, 11) is -3.17. The van der Waals surface area contributed by atoms with Crippen LogP contribution in [0.3, 0.4) is 0 Å². The molecular weight excluding hydrogens is 800 g/mol. The molecule has 0 radical (unpaired) electrons. The van der Waals surface area contributed by atoms with Gasteiger partial charge in [-0.1, -0.05) is 231 Å². The smallest absolute Gasteiger partial charge is 0.171 e. The predicted molar refractivity (Wildman–Crippen MR) is 265 cm³/mol. The third-order valence-electron chi connectivity index (χ3n) is 11.8. The van der Waals surface area contributed by atoms with Gasteiger partial charge in [0.15, 0.2) is 24.6 Å². The summed E-state index contributed by atoms with van der Waals surface area (Å²) in [5, 5.41) is 5.66. The summed E-state index contributed by atoms with van der Waals surface area (Å²) in [6.07, 6.45) is 0. The molecule has 6 heteroatoms. The number of para-hydroxylation sites is 1. The number of benzene rings is 9. The minimum absolute atomic E-state index is 0.523. The number of pyridine rings is 1. The van der Waals surface area contributed by atoms with Gasteiger partial charge in [-0.2, -0.15) is 0 Å². The number of rotatable bonds is 9. The topological polar surface area (TPSA) is 68.6 Å². The van der Waals surface area contributed by atoms with Crippen molar-refractivity contribution in [3.05, 3.63) is 237 Å². The van der Waals surface area contributed by atoms with Gasteiger partial charge in [0.1, 0.15) is 0 Å². The zero-order valence-electron chi connectivity index (χ0n) is 34.7. The van der Waals surface area contributed by atoms with Crippen molar-refractivity contribution in [1.82, 2.24) is 19.9 Å². The standard InChI is InChI=1S/C58H39N4OP/c63-64(46-27-12-4-13-28-46,47-29-14-5-15-30-47)48-37-35-43(36-38-48)57-60-56(42-23-10-3-11-24-42)61-58(62-57)45-26-16-25-44(39-45)50-32-18-34-52-53-49(40-19-6-1-7-20-40)31-17-33-51(53)54(59-55(50)52)41-21-8-2-9-22-41/h1-39H. The van der Waals surface area contributed by atoms with Gasteiger partial charge in [-0.3, -0.25) is 0 Å². The number of hydrogen-bond donors (Lipinski definition) is 0. The van der Waals surface area contributed by atoms with Crippen molar-refractivity contribution in [2.75, 3.05) is 0 Å². The average Bonchev–Trinajstić information content (AvgIpc) is 3.39. The maximum Gasteiger partial charge on any atom is 0.171 e. The second-order valence-corrected chi connectivity index (χ2v) is 18.5. The molecule has 0 atom stereocenters. The summed E-state index contributed by atoms with van der Waals surface area (Å²) in [5.74, 6) is 1.63. The van der Waals surface area contributed by atoms with E-state index in [0.717, 1.165) is 82.4 Å². The van der Waals surface area contributed by atoms with Gasteiger partial charge in [0.2, 0.25) is 0 Å². The first-order valence-electron chi connectivity index (χ1n) is 21.3. The fourth-order valence-electron chi connectivity index (χ4n) is 8.70. The molecular formula is C58H39N4OP. The molecule has 0 N–H and O–H groups in total. The molecule has 11 rings (SSSR count). The van der Waals surface area contributed by atoms with E-state index < -0.39 is 7.14 Å². The minimum Gasteiger partial charge on any atom is -0.309 e. The van der Waals surface area contributed by atoms with Crippen molar-refractivity contribution in [2.24, 2.45) is 0 Å². The van der Waals surface area contributed by atoms with E-state index in [1.54, 1.807) is 0 Å². The first-order valence-corrected chi connectivity index (χ1v) is 23.0. The zero-order valence-corrected chi connectivity index (χ0v) is 35.6. The zero-order chi connectivity index (χ0) is 42.9. The SMILES string of the molecule is O=P(c1ccccc1)(c1ccccc1)c1ccc(-c2nc(-c3ccccc3)nc(-c3cccc(-c4cccc5c4nc(-c4ccccc4)c4cccc(-c6ccccc6)c45)c3)n2)cc1. The Labute approximate surface area is 371 Å². The first kappa shape index (κ1) is 38.8. The predicted octanol–water partition coefficient (Wildman–Crippen LogP) is 13.2. The molecule has 0 amide bonds. The molecule has 302 valence electrons. The molecule has 11 aromatic rings. The van der Waals surface area contributed by atoms with Crippen LogP contribution in [0.2, 0.25) is 0 Å². The molecule has 0 aliphatic heterocycles. The Bertz CT molecular complexity index is 3450. The Hall–Kier alpha value is -8.11. The van der Waals surface area contributed by atoms with Crippen LogP contribution in [0, 0.1) is 0 Å². The molecule has 0 aliphatic rings. The van der Waals surface area contributed by atoms with Crippen molar-refractivity contribution in [3.63, 3.8) is 0 Å². The van der Waals surface area contributed by atoms with Crippen molar-refractivity contribution < 1.29 is 4.57 Å². The van der Waals surface area contributed by atoms with E-state index in [2.05, 4.69) is 109 Å². The van der Waals surface area contributed by atoms with Crippen LogP contribution in [0.1, 0.15) is 0 Å². The molecule has 2 heterocycles. The van der Waals surface area contributed by atoms with E-state index in [4.69, 9.17) is 19.9 Å². The summed E-state index contributed by atoms with van der Waals surface area (Å²) in [5.41, 5.74) is 9.76. The summed E-state index contributed by atoms with van der Waals surface area (Å²) >= 11 is 0. The molecule has 0 fully saturated rings. The molecule has 0 saturated heterocycles. The first-order chi connectivity index (χ1) is 31.6.